The zero-order valence-electron chi connectivity index (χ0n) is 12.4. The maximum absolute atomic E-state index is 5.67. The van der Waals surface area contributed by atoms with E-state index in [1.54, 1.807) is 0 Å². The van der Waals surface area contributed by atoms with Crippen molar-refractivity contribution in [3.8, 4) is 0 Å². The zero-order valence-corrected chi connectivity index (χ0v) is 13.2. The monoisotopic (exact) mass is 292 g/mol. The Morgan fingerprint density at radius 2 is 2.20 bits per heavy atom. The highest BCUT2D eigenvalue weighted by Gasteiger charge is 2.20. The molecule has 110 valence electrons. The lowest BCUT2D eigenvalue weighted by Crippen LogP contribution is -2.23. The minimum Gasteiger partial charge on any atom is -0.389 e. The van der Waals surface area contributed by atoms with Crippen molar-refractivity contribution >= 4 is 17.2 Å². The van der Waals surface area contributed by atoms with E-state index in [9.17, 15) is 0 Å². The Hall–Kier alpha value is -0.970. The summed E-state index contributed by atoms with van der Waals surface area (Å²) < 4.78 is 5.67. The number of aryl methyl sites for hydroxylation is 1. The molecule has 2 rings (SSSR count). The fourth-order valence-corrected chi connectivity index (χ4v) is 2.28. The highest BCUT2D eigenvalue weighted by molar-refractivity contribution is 7.80. The maximum Gasteiger partial charge on any atom is 0.103 e. The topological polar surface area (TPSA) is 38.5 Å². The predicted octanol–water partition coefficient (Wildman–Crippen LogP) is 2.49. The number of rotatable bonds is 8. The Morgan fingerprint density at radius 3 is 2.80 bits per heavy atom. The second-order valence-corrected chi connectivity index (χ2v) is 6.20. The van der Waals surface area contributed by atoms with Crippen LogP contribution in [0.25, 0.3) is 0 Å². The Kier molecular flexibility index (Phi) is 5.52. The van der Waals surface area contributed by atoms with Gasteiger partial charge in [-0.2, -0.15) is 0 Å². The summed E-state index contributed by atoms with van der Waals surface area (Å²) in [6.45, 7) is 5.75. The molecule has 0 aromatic heterocycles. The van der Waals surface area contributed by atoms with Crippen molar-refractivity contribution in [2.75, 3.05) is 26.8 Å². The van der Waals surface area contributed by atoms with Gasteiger partial charge in [0.2, 0.25) is 0 Å². The van der Waals surface area contributed by atoms with E-state index < -0.39 is 0 Å². The van der Waals surface area contributed by atoms with Crippen LogP contribution in [-0.4, -0.2) is 36.7 Å². The van der Waals surface area contributed by atoms with Gasteiger partial charge in [0.15, 0.2) is 0 Å². The van der Waals surface area contributed by atoms with Gasteiger partial charge in [-0.1, -0.05) is 24.4 Å². The second-order valence-electron chi connectivity index (χ2n) is 5.76. The first-order valence-electron chi connectivity index (χ1n) is 7.22. The van der Waals surface area contributed by atoms with E-state index in [4.69, 9.17) is 22.7 Å². The van der Waals surface area contributed by atoms with Crippen molar-refractivity contribution in [2.24, 2.45) is 11.7 Å². The number of benzene rings is 1. The highest BCUT2D eigenvalue weighted by atomic mass is 32.1. The van der Waals surface area contributed by atoms with Gasteiger partial charge in [0.1, 0.15) is 4.99 Å². The molecule has 0 heterocycles. The first-order chi connectivity index (χ1) is 9.56. The van der Waals surface area contributed by atoms with E-state index in [1.807, 2.05) is 6.07 Å². The van der Waals surface area contributed by atoms with Gasteiger partial charge in [-0.25, -0.2) is 0 Å². The van der Waals surface area contributed by atoms with Crippen molar-refractivity contribution in [3.05, 3.63) is 34.9 Å². The second kappa shape index (κ2) is 7.16. The van der Waals surface area contributed by atoms with Gasteiger partial charge in [-0.3, -0.25) is 4.90 Å². The molecule has 0 radical (unpaired) electrons. The van der Waals surface area contributed by atoms with E-state index in [2.05, 4.69) is 31.0 Å². The molecule has 0 bridgehead atoms. The average Bonchev–Trinajstić information content (AvgIpc) is 3.21. The third-order valence-electron chi connectivity index (χ3n) is 3.74. The first-order valence-corrected chi connectivity index (χ1v) is 7.62. The Balaban J connectivity index is 1.77. The van der Waals surface area contributed by atoms with Crippen molar-refractivity contribution in [3.63, 3.8) is 0 Å². The lowest BCUT2D eigenvalue weighted by molar-refractivity contribution is 0.102. The van der Waals surface area contributed by atoms with Crippen LogP contribution in [0, 0.1) is 12.8 Å². The van der Waals surface area contributed by atoms with E-state index >= 15 is 0 Å². The number of ether oxygens (including phenoxy) is 1. The summed E-state index contributed by atoms with van der Waals surface area (Å²) in [5.74, 6) is 0.843. The molecule has 2 N–H and O–H groups in total. The van der Waals surface area contributed by atoms with E-state index in [1.165, 1.54) is 24.0 Å². The van der Waals surface area contributed by atoms with Crippen molar-refractivity contribution < 1.29 is 4.74 Å². The third kappa shape index (κ3) is 4.85. The molecule has 1 aliphatic carbocycles. The molecule has 0 unspecified atom stereocenters. The molecule has 1 aromatic carbocycles. The zero-order chi connectivity index (χ0) is 14.5. The SMILES string of the molecule is Cc1cc(C(N)=S)ccc1CN(C)CCOCC1CC1. The lowest BCUT2D eigenvalue weighted by Gasteiger charge is -2.18. The molecular formula is C16H24N2OS. The fraction of sp³-hybridized carbons (Fsp3) is 0.562. The molecule has 1 aliphatic rings. The normalized spacial score (nSPS) is 14.8. The molecule has 20 heavy (non-hydrogen) atoms. The fourth-order valence-electron chi connectivity index (χ4n) is 2.15. The summed E-state index contributed by atoms with van der Waals surface area (Å²) in [7, 11) is 2.13. The standard InChI is InChI=1S/C16H24N2OS/c1-12-9-14(16(17)20)5-6-15(12)10-18(2)7-8-19-11-13-3-4-13/h5-6,9,13H,3-4,7-8,10-11H2,1-2H3,(H2,17,20). The molecule has 1 saturated carbocycles. The Labute approximate surface area is 127 Å². The van der Waals surface area contributed by atoms with E-state index in [-0.39, 0.29) is 0 Å². The van der Waals surface area contributed by atoms with Gasteiger partial charge in [0.25, 0.3) is 0 Å². The average molecular weight is 292 g/mol. The molecule has 0 aliphatic heterocycles. The molecule has 4 heteroatoms. The number of nitrogens with two attached hydrogens (primary N) is 1. The molecule has 3 nitrogen and oxygen atoms in total. The summed E-state index contributed by atoms with van der Waals surface area (Å²) in [5, 5.41) is 0. The maximum atomic E-state index is 5.67. The first kappa shape index (κ1) is 15.4. The number of hydrogen-bond acceptors (Lipinski definition) is 3. The van der Waals surface area contributed by atoms with Crippen LogP contribution >= 0.6 is 12.2 Å². The summed E-state index contributed by atoms with van der Waals surface area (Å²) >= 11 is 5.00. The van der Waals surface area contributed by atoms with Crippen LogP contribution in [0.4, 0.5) is 0 Å². The molecule has 0 atom stereocenters. The Bertz CT molecular complexity index is 472. The van der Waals surface area contributed by atoms with Crippen LogP contribution in [0.5, 0.6) is 0 Å². The molecule has 0 saturated heterocycles. The number of nitrogens with zero attached hydrogens (tertiary/aromatic N) is 1. The largest absolute Gasteiger partial charge is 0.389 e. The van der Waals surface area contributed by atoms with Gasteiger partial charge in [0, 0.05) is 25.3 Å². The van der Waals surface area contributed by atoms with Crippen molar-refractivity contribution in [1.29, 1.82) is 0 Å². The van der Waals surface area contributed by atoms with Crippen LogP contribution in [0.3, 0.4) is 0 Å². The lowest BCUT2D eigenvalue weighted by atomic mass is 10.0. The van der Waals surface area contributed by atoms with Gasteiger partial charge in [-0.05, 0) is 49.9 Å². The van der Waals surface area contributed by atoms with Crippen LogP contribution in [-0.2, 0) is 11.3 Å². The summed E-state index contributed by atoms with van der Waals surface area (Å²) in [4.78, 5) is 2.75. The molecule has 1 aromatic rings. The van der Waals surface area contributed by atoms with E-state index in [0.29, 0.717) is 4.99 Å². The highest BCUT2D eigenvalue weighted by Crippen LogP contribution is 2.28. The Morgan fingerprint density at radius 1 is 1.45 bits per heavy atom. The van der Waals surface area contributed by atoms with Gasteiger partial charge in [-0.15, -0.1) is 0 Å². The van der Waals surface area contributed by atoms with E-state index in [0.717, 1.165) is 37.8 Å². The summed E-state index contributed by atoms with van der Waals surface area (Å²) in [5.41, 5.74) is 9.14. The van der Waals surface area contributed by atoms with Crippen molar-refractivity contribution in [1.82, 2.24) is 4.90 Å². The molecule has 1 fully saturated rings. The molecular weight excluding hydrogens is 268 g/mol. The minimum absolute atomic E-state index is 0.460. The van der Waals surface area contributed by atoms with Crippen LogP contribution < -0.4 is 5.73 Å². The van der Waals surface area contributed by atoms with Gasteiger partial charge < -0.3 is 10.5 Å². The van der Waals surface area contributed by atoms with Gasteiger partial charge in [0.05, 0.1) is 6.61 Å². The third-order valence-corrected chi connectivity index (χ3v) is 3.97. The number of likely N-dealkylation sites (N-methyl/N-ethyl adjacent to an activating group) is 1. The van der Waals surface area contributed by atoms with Crippen LogP contribution in [0.2, 0.25) is 0 Å². The van der Waals surface area contributed by atoms with Crippen LogP contribution in [0.1, 0.15) is 29.5 Å². The summed E-state index contributed by atoms with van der Waals surface area (Å²) in [6.07, 6.45) is 2.70. The quantitative estimate of drug-likeness (QED) is 0.590. The van der Waals surface area contributed by atoms with Crippen molar-refractivity contribution in [2.45, 2.75) is 26.3 Å². The molecule has 0 spiro atoms. The predicted molar refractivity (Wildman–Crippen MR) is 86.9 cm³/mol. The number of hydrogen-bond donors (Lipinski definition) is 1. The smallest absolute Gasteiger partial charge is 0.103 e. The minimum atomic E-state index is 0.460. The van der Waals surface area contributed by atoms with Crippen LogP contribution in [0.15, 0.2) is 18.2 Å². The number of thiocarbonyl (C=S) groups is 1. The summed E-state index contributed by atoms with van der Waals surface area (Å²) in [6, 6.07) is 6.18. The molecule has 0 amide bonds. The van der Waals surface area contributed by atoms with Gasteiger partial charge >= 0.3 is 0 Å².